The van der Waals surface area contributed by atoms with Crippen LogP contribution in [0.3, 0.4) is 0 Å². The van der Waals surface area contributed by atoms with Crippen LogP contribution in [0.2, 0.25) is 0 Å². The molecule has 0 unspecified atom stereocenters. The van der Waals surface area contributed by atoms with Crippen LogP contribution in [0.1, 0.15) is 11.1 Å². The molecular formula is C9H9N3O2. The van der Waals surface area contributed by atoms with E-state index in [0.29, 0.717) is 11.1 Å². The molecule has 0 aliphatic heterocycles. The fourth-order valence-electron chi connectivity index (χ4n) is 0.977. The van der Waals surface area contributed by atoms with Gasteiger partial charge >= 0.3 is 6.09 Å². The molecular weight excluding hydrogens is 182 g/mol. The molecule has 5 heteroatoms. The Labute approximate surface area is 81.2 Å². The minimum Gasteiger partial charge on any atom is -0.465 e. The van der Waals surface area contributed by atoms with Gasteiger partial charge in [0.15, 0.2) is 0 Å². The van der Waals surface area contributed by atoms with Gasteiger partial charge in [0, 0.05) is 19.4 Å². The van der Waals surface area contributed by atoms with Crippen molar-refractivity contribution in [2.75, 3.05) is 7.05 Å². The lowest BCUT2D eigenvalue weighted by Crippen LogP contribution is -2.23. The molecule has 1 aromatic rings. The molecule has 0 radical (unpaired) electrons. The molecule has 0 saturated heterocycles. The molecule has 0 atom stereocenters. The lowest BCUT2D eigenvalue weighted by atomic mass is 10.2. The summed E-state index contributed by atoms with van der Waals surface area (Å²) in [4.78, 5) is 15.4. The third-order valence-electron chi connectivity index (χ3n) is 1.67. The second kappa shape index (κ2) is 4.23. The summed E-state index contributed by atoms with van der Waals surface area (Å²) in [5.41, 5.74) is 1.13. The molecule has 0 aliphatic carbocycles. The number of pyridine rings is 1. The fourth-order valence-corrected chi connectivity index (χ4v) is 0.977. The van der Waals surface area contributed by atoms with Crippen LogP contribution in [0.25, 0.3) is 0 Å². The molecule has 0 bridgehead atoms. The second-order valence-corrected chi connectivity index (χ2v) is 2.83. The summed E-state index contributed by atoms with van der Waals surface area (Å²) in [6.45, 7) is 0.234. The van der Waals surface area contributed by atoms with E-state index < -0.39 is 6.09 Å². The van der Waals surface area contributed by atoms with Gasteiger partial charge in [0.25, 0.3) is 0 Å². The zero-order valence-corrected chi connectivity index (χ0v) is 7.64. The zero-order chi connectivity index (χ0) is 10.6. The molecule has 0 saturated carbocycles. The maximum Gasteiger partial charge on any atom is 0.407 e. The third kappa shape index (κ3) is 2.45. The average molecular weight is 191 g/mol. The standard InChI is InChI=1S/C9H9N3O2/c1-12(9(13)14)6-8-2-7(3-10)4-11-5-8/h2,4-5H,6H2,1H3,(H,13,14). The summed E-state index contributed by atoms with van der Waals surface area (Å²) in [6.07, 6.45) is 1.97. The van der Waals surface area contributed by atoms with E-state index in [-0.39, 0.29) is 6.54 Å². The Morgan fingerprint density at radius 2 is 2.43 bits per heavy atom. The van der Waals surface area contributed by atoms with Gasteiger partial charge < -0.3 is 10.0 Å². The van der Waals surface area contributed by atoms with Crippen LogP contribution in [0.4, 0.5) is 4.79 Å². The monoisotopic (exact) mass is 191 g/mol. The van der Waals surface area contributed by atoms with Crippen molar-refractivity contribution < 1.29 is 9.90 Å². The number of nitrogens with zero attached hydrogens (tertiary/aromatic N) is 3. The van der Waals surface area contributed by atoms with Crippen LogP contribution in [0.5, 0.6) is 0 Å². The summed E-state index contributed by atoms with van der Waals surface area (Å²) in [7, 11) is 1.46. The number of nitriles is 1. The first-order chi connectivity index (χ1) is 6.63. The topological polar surface area (TPSA) is 77.2 Å². The van der Waals surface area contributed by atoms with E-state index in [2.05, 4.69) is 4.98 Å². The molecule has 0 aromatic carbocycles. The smallest absolute Gasteiger partial charge is 0.407 e. The van der Waals surface area contributed by atoms with Crippen LogP contribution in [0.15, 0.2) is 18.5 Å². The van der Waals surface area contributed by atoms with Gasteiger partial charge in [-0.2, -0.15) is 5.26 Å². The highest BCUT2D eigenvalue weighted by atomic mass is 16.4. The normalized spacial score (nSPS) is 9.14. The predicted octanol–water partition coefficient (Wildman–Crippen LogP) is 1.06. The van der Waals surface area contributed by atoms with Crippen molar-refractivity contribution in [1.82, 2.24) is 9.88 Å². The van der Waals surface area contributed by atoms with Crippen LogP contribution in [-0.2, 0) is 6.54 Å². The van der Waals surface area contributed by atoms with Crippen LogP contribution < -0.4 is 0 Å². The summed E-state index contributed by atoms with van der Waals surface area (Å²) in [5, 5.41) is 17.2. The zero-order valence-electron chi connectivity index (χ0n) is 7.64. The SMILES string of the molecule is CN(Cc1cncc(C#N)c1)C(=O)O. The first-order valence-electron chi connectivity index (χ1n) is 3.91. The Kier molecular flexibility index (Phi) is 3.02. The van der Waals surface area contributed by atoms with Gasteiger partial charge in [-0.05, 0) is 11.6 Å². The molecule has 1 heterocycles. The highest BCUT2D eigenvalue weighted by molar-refractivity contribution is 5.64. The van der Waals surface area contributed by atoms with E-state index in [4.69, 9.17) is 10.4 Å². The average Bonchev–Trinajstić information content (AvgIpc) is 2.18. The van der Waals surface area contributed by atoms with Gasteiger partial charge in [-0.3, -0.25) is 4.98 Å². The molecule has 1 N–H and O–H groups in total. The van der Waals surface area contributed by atoms with Gasteiger partial charge in [0.2, 0.25) is 0 Å². The fraction of sp³-hybridized carbons (Fsp3) is 0.222. The van der Waals surface area contributed by atoms with Crippen LogP contribution in [0, 0.1) is 11.3 Å². The number of hydrogen-bond acceptors (Lipinski definition) is 3. The molecule has 0 aliphatic rings. The van der Waals surface area contributed by atoms with Gasteiger partial charge in [-0.1, -0.05) is 0 Å². The Bertz CT molecular complexity index is 384. The van der Waals surface area contributed by atoms with E-state index in [0.717, 1.165) is 4.90 Å². The number of rotatable bonds is 2. The number of amides is 1. The molecule has 1 rings (SSSR count). The van der Waals surface area contributed by atoms with E-state index in [1.54, 1.807) is 12.3 Å². The van der Waals surface area contributed by atoms with Gasteiger partial charge in [-0.15, -0.1) is 0 Å². The van der Waals surface area contributed by atoms with E-state index in [9.17, 15) is 4.79 Å². The quantitative estimate of drug-likeness (QED) is 0.758. The maximum atomic E-state index is 10.5. The first-order valence-corrected chi connectivity index (χ1v) is 3.91. The summed E-state index contributed by atoms with van der Waals surface area (Å²) < 4.78 is 0. The first kappa shape index (κ1) is 9.99. The largest absolute Gasteiger partial charge is 0.465 e. The Hall–Kier alpha value is -2.09. The second-order valence-electron chi connectivity index (χ2n) is 2.83. The summed E-state index contributed by atoms with van der Waals surface area (Å²) >= 11 is 0. The van der Waals surface area contributed by atoms with E-state index >= 15 is 0 Å². The lowest BCUT2D eigenvalue weighted by Gasteiger charge is -2.12. The van der Waals surface area contributed by atoms with Crippen molar-refractivity contribution in [1.29, 1.82) is 5.26 Å². The van der Waals surface area contributed by atoms with E-state index in [1.165, 1.54) is 13.2 Å². The highest BCUT2D eigenvalue weighted by Crippen LogP contribution is 2.04. The Morgan fingerprint density at radius 3 is 3.00 bits per heavy atom. The van der Waals surface area contributed by atoms with Crippen molar-refractivity contribution >= 4 is 6.09 Å². The molecule has 0 fully saturated rings. The minimum atomic E-state index is -1.01. The molecule has 72 valence electrons. The highest BCUT2D eigenvalue weighted by Gasteiger charge is 2.06. The Morgan fingerprint density at radius 1 is 1.71 bits per heavy atom. The van der Waals surface area contributed by atoms with Crippen molar-refractivity contribution in [3.8, 4) is 6.07 Å². The molecule has 1 aromatic heterocycles. The van der Waals surface area contributed by atoms with E-state index in [1.807, 2.05) is 6.07 Å². The van der Waals surface area contributed by atoms with Crippen molar-refractivity contribution in [3.05, 3.63) is 29.6 Å². The minimum absolute atomic E-state index is 0.234. The van der Waals surface area contributed by atoms with Gasteiger partial charge in [-0.25, -0.2) is 4.79 Å². The molecule has 5 nitrogen and oxygen atoms in total. The van der Waals surface area contributed by atoms with Crippen LogP contribution >= 0.6 is 0 Å². The Balaban J connectivity index is 2.78. The van der Waals surface area contributed by atoms with Crippen molar-refractivity contribution in [2.24, 2.45) is 0 Å². The van der Waals surface area contributed by atoms with Crippen LogP contribution in [-0.4, -0.2) is 28.1 Å². The number of carboxylic acid groups (broad SMARTS) is 1. The number of hydrogen-bond donors (Lipinski definition) is 1. The predicted molar refractivity (Wildman–Crippen MR) is 48.4 cm³/mol. The summed E-state index contributed by atoms with van der Waals surface area (Å²) in [5.74, 6) is 0. The van der Waals surface area contributed by atoms with Crippen molar-refractivity contribution in [3.63, 3.8) is 0 Å². The number of aromatic nitrogens is 1. The molecule has 14 heavy (non-hydrogen) atoms. The van der Waals surface area contributed by atoms with Crippen molar-refractivity contribution in [2.45, 2.75) is 6.54 Å². The maximum absolute atomic E-state index is 10.5. The number of carbonyl (C=O) groups is 1. The van der Waals surface area contributed by atoms with Gasteiger partial charge in [0.1, 0.15) is 6.07 Å². The van der Waals surface area contributed by atoms with Gasteiger partial charge in [0.05, 0.1) is 12.1 Å². The summed E-state index contributed by atoms with van der Waals surface area (Å²) in [6, 6.07) is 3.56. The molecule has 0 spiro atoms. The lowest BCUT2D eigenvalue weighted by molar-refractivity contribution is 0.153. The third-order valence-corrected chi connectivity index (χ3v) is 1.67. The molecule has 1 amide bonds.